The van der Waals surface area contributed by atoms with Crippen LogP contribution in [0.3, 0.4) is 0 Å². The first-order chi connectivity index (χ1) is 14.0. The summed E-state index contributed by atoms with van der Waals surface area (Å²) in [5.74, 6) is 0.426. The number of benzene rings is 2. The molecule has 1 atom stereocenters. The van der Waals surface area contributed by atoms with Gasteiger partial charge in [0, 0.05) is 17.6 Å². The smallest absolute Gasteiger partial charge is 0.261 e. The van der Waals surface area contributed by atoms with E-state index in [1.165, 1.54) is 5.56 Å². The molecule has 0 aliphatic carbocycles. The summed E-state index contributed by atoms with van der Waals surface area (Å²) in [6.45, 7) is 6.64. The molecule has 1 heterocycles. The summed E-state index contributed by atoms with van der Waals surface area (Å²) in [5, 5.41) is 0.588. The van der Waals surface area contributed by atoms with Crippen molar-refractivity contribution in [3.8, 4) is 5.75 Å². The van der Waals surface area contributed by atoms with Gasteiger partial charge in [-0.1, -0.05) is 56.6 Å². The van der Waals surface area contributed by atoms with E-state index in [-0.39, 0.29) is 35.5 Å². The lowest BCUT2D eigenvalue weighted by atomic mass is 9.86. The Balaban J connectivity index is 1.74. The molecule has 3 rings (SSSR count). The second-order valence-corrected chi connectivity index (χ2v) is 11.4. The minimum atomic E-state index is -3.11. The molecule has 0 saturated carbocycles. The van der Waals surface area contributed by atoms with Crippen LogP contribution in [-0.2, 0) is 26.6 Å². The van der Waals surface area contributed by atoms with E-state index in [4.69, 9.17) is 16.3 Å². The Morgan fingerprint density at radius 1 is 1.10 bits per heavy atom. The number of nitrogens with zero attached hydrogens (tertiary/aromatic N) is 1. The van der Waals surface area contributed by atoms with Crippen LogP contribution in [0.1, 0.15) is 38.3 Å². The summed E-state index contributed by atoms with van der Waals surface area (Å²) < 4.78 is 29.6. The van der Waals surface area contributed by atoms with Gasteiger partial charge in [-0.15, -0.1) is 0 Å². The van der Waals surface area contributed by atoms with Crippen molar-refractivity contribution in [1.29, 1.82) is 0 Å². The molecule has 5 nitrogen and oxygen atoms in total. The Kier molecular flexibility index (Phi) is 6.78. The monoisotopic (exact) mass is 449 g/mol. The topological polar surface area (TPSA) is 63.7 Å². The van der Waals surface area contributed by atoms with E-state index in [0.29, 0.717) is 23.7 Å². The molecule has 1 amide bonds. The van der Waals surface area contributed by atoms with E-state index < -0.39 is 9.84 Å². The fourth-order valence-corrected chi connectivity index (χ4v) is 5.36. The second-order valence-electron chi connectivity index (χ2n) is 8.77. The van der Waals surface area contributed by atoms with Crippen LogP contribution in [0.4, 0.5) is 0 Å². The number of carbonyl (C=O) groups excluding carboxylic acids is 1. The molecular weight excluding hydrogens is 422 g/mol. The average Bonchev–Trinajstić information content (AvgIpc) is 3.04. The predicted molar refractivity (Wildman–Crippen MR) is 120 cm³/mol. The second kappa shape index (κ2) is 8.98. The highest BCUT2D eigenvalue weighted by atomic mass is 35.5. The zero-order valence-electron chi connectivity index (χ0n) is 17.6. The molecule has 2 aromatic carbocycles. The third-order valence-corrected chi connectivity index (χ3v) is 7.32. The maximum Gasteiger partial charge on any atom is 0.261 e. The van der Waals surface area contributed by atoms with E-state index in [9.17, 15) is 13.2 Å². The van der Waals surface area contributed by atoms with Gasteiger partial charge in [0.05, 0.1) is 11.5 Å². The highest BCUT2D eigenvalue weighted by Gasteiger charge is 2.34. The fourth-order valence-electron chi connectivity index (χ4n) is 3.51. The van der Waals surface area contributed by atoms with Crippen LogP contribution in [0.15, 0.2) is 48.5 Å². The number of ether oxygens (including phenoxy) is 1. The molecule has 1 fully saturated rings. The first-order valence-electron chi connectivity index (χ1n) is 10.0. The van der Waals surface area contributed by atoms with Crippen LogP contribution in [-0.4, -0.2) is 43.4 Å². The SMILES string of the molecule is CC(C)(C)c1ccc(CN(C(=O)COc2ccc(Cl)cc2)[C@@H]2CCS(=O)(=O)C2)cc1. The van der Waals surface area contributed by atoms with Crippen molar-refractivity contribution in [3.05, 3.63) is 64.7 Å². The van der Waals surface area contributed by atoms with E-state index in [0.717, 1.165) is 5.56 Å². The molecule has 0 unspecified atom stereocenters. The van der Waals surface area contributed by atoms with Crippen molar-refractivity contribution in [2.75, 3.05) is 18.1 Å². The standard InChI is InChI=1S/C23H28ClNO4S/c1-23(2,3)18-6-4-17(5-7-18)14-25(20-12-13-30(27,28)16-20)22(26)15-29-21-10-8-19(24)9-11-21/h4-11,20H,12-16H2,1-3H3/t20-/m1/s1. The van der Waals surface area contributed by atoms with Gasteiger partial charge >= 0.3 is 0 Å². The zero-order chi connectivity index (χ0) is 21.9. The minimum absolute atomic E-state index is 0.000238. The Labute approximate surface area is 183 Å². The van der Waals surface area contributed by atoms with Crippen molar-refractivity contribution in [1.82, 2.24) is 4.90 Å². The molecule has 0 aromatic heterocycles. The summed E-state index contributed by atoms with van der Waals surface area (Å²) >= 11 is 5.88. The Morgan fingerprint density at radius 3 is 2.27 bits per heavy atom. The highest BCUT2D eigenvalue weighted by molar-refractivity contribution is 7.91. The van der Waals surface area contributed by atoms with Crippen LogP contribution >= 0.6 is 11.6 Å². The van der Waals surface area contributed by atoms with Crippen molar-refractivity contribution in [3.63, 3.8) is 0 Å². The lowest BCUT2D eigenvalue weighted by molar-refractivity contribution is -0.136. The Morgan fingerprint density at radius 2 is 1.73 bits per heavy atom. The van der Waals surface area contributed by atoms with Gasteiger partial charge in [0.25, 0.3) is 5.91 Å². The Bertz CT molecular complexity index is 979. The van der Waals surface area contributed by atoms with Crippen LogP contribution in [0, 0.1) is 0 Å². The van der Waals surface area contributed by atoms with Gasteiger partial charge in [-0.25, -0.2) is 8.42 Å². The van der Waals surface area contributed by atoms with Gasteiger partial charge in [0.1, 0.15) is 5.75 Å². The minimum Gasteiger partial charge on any atom is -0.484 e. The molecule has 0 spiro atoms. The van der Waals surface area contributed by atoms with Gasteiger partial charge in [0.15, 0.2) is 16.4 Å². The quantitative estimate of drug-likeness (QED) is 0.661. The molecule has 1 aliphatic heterocycles. The Hall–Kier alpha value is -2.05. The maximum absolute atomic E-state index is 13.0. The maximum atomic E-state index is 13.0. The molecule has 1 saturated heterocycles. The number of hydrogen-bond acceptors (Lipinski definition) is 4. The fraction of sp³-hybridized carbons (Fsp3) is 0.435. The van der Waals surface area contributed by atoms with E-state index in [2.05, 4.69) is 32.9 Å². The van der Waals surface area contributed by atoms with E-state index in [1.807, 2.05) is 12.1 Å². The molecular formula is C23H28ClNO4S. The van der Waals surface area contributed by atoms with Crippen LogP contribution in [0.2, 0.25) is 5.02 Å². The molecule has 0 bridgehead atoms. The molecule has 1 aliphatic rings. The van der Waals surface area contributed by atoms with Crippen LogP contribution < -0.4 is 4.74 Å². The number of amides is 1. The summed E-state index contributed by atoms with van der Waals surface area (Å²) in [6.07, 6.45) is 0.453. The first kappa shape index (κ1) is 22.6. The van der Waals surface area contributed by atoms with Crippen LogP contribution in [0.5, 0.6) is 5.75 Å². The predicted octanol–water partition coefficient (Wildman–Crippen LogP) is 4.23. The number of rotatable bonds is 6. The number of hydrogen-bond donors (Lipinski definition) is 0. The lowest BCUT2D eigenvalue weighted by Crippen LogP contribution is -2.43. The molecule has 2 aromatic rings. The summed E-state index contributed by atoms with van der Waals surface area (Å²) in [5.41, 5.74) is 2.21. The number of sulfone groups is 1. The van der Waals surface area contributed by atoms with Gasteiger partial charge in [0.2, 0.25) is 0 Å². The van der Waals surface area contributed by atoms with Gasteiger partial charge in [-0.3, -0.25) is 4.79 Å². The van der Waals surface area contributed by atoms with Crippen molar-refractivity contribution in [2.45, 2.75) is 45.2 Å². The lowest BCUT2D eigenvalue weighted by Gasteiger charge is -2.29. The largest absolute Gasteiger partial charge is 0.484 e. The van der Waals surface area contributed by atoms with Gasteiger partial charge < -0.3 is 9.64 Å². The molecule has 7 heteroatoms. The van der Waals surface area contributed by atoms with Gasteiger partial charge in [-0.05, 0) is 47.2 Å². The third-order valence-electron chi connectivity index (χ3n) is 5.32. The summed E-state index contributed by atoms with van der Waals surface area (Å²) in [4.78, 5) is 14.6. The molecule has 162 valence electrons. The van der Waals surface area contributed by atoms with E-state index in [1.54, 1.807) is 29.2 Å². The van der Waals surface area contributed by atoms with Crippen molar-refractivity contribution < 1.29 is 17.9 Å². The molecule has 0 radical (unpaired) electrons. The van der Waals surface area contributed by atoms with Crippen LogP contribution in [0.25, 0.3) is 0 Å². The summed E-state index contributed by atoms with van der Waals surface area (Å²) in [6, 6.07) is 14.6. The normalized spacial score (nSPS) is 18.2. The first-order valence-corrected chi connectivity index (χ1v) is 12.2. The molecule has 0 N–H and O–H groups in total. The van der Waals surface area contributed by atoms with E-state index >= 15 is 0 Å². The van der Waals surface area contributed by atoms with Crippen molar-refractivity contribution >= 4 is 27.3 Å². The number of halogens is 1. The van der Waals surface area contributed by atoms with Crippen molar-refractivity contribution in [2.24, 2.45) is 0 Å². The average molecular weight is 450 g/mol. The van der Waals surface area contributed by atoms with Gasteiger partial charge in [-0.2, -0.15) is 0 Å². The zero-order valence-corrected chi connectivity index (χ0v) is 19.2. The summed E-state index contributed by atoms with van der Waals surface area (Å²) in [7, 11) is -3.11. The number of carbonyl (C=O) groups is 1. The third kappa shape index (κ3) is 5.99. The highest BCUT2D eigenvalue weighted by Crippen LogP contribution is 2.25. The molecule has 30 heavy (non-hydrogen) atoms.